The van der Waals surface area contributed by atoms with Crippen molar-refractivity contribution >= 4 is 28.6 Å². The van der Waals surface area contributed by atoms with Gasteiger partial charge in [-0.15, -0.1) is 0 Å². The monoisotopic (exact) mass is 573 g/mol. The van der Waals surface area contributed by atoms with Crippen molar-refractivity contribution < 1.29 is 4.79 Å². The van der Waals surface area contributed by atoms with Gasteiger partial charge < -0.3 is 14.8 Å². The molecule has 3 aromatic carbocycles. The quantitative estimate of drug-likeness (QED) is 0.285. The maximum absolute atomic E-state index is 13.3. The van der Waals surface area contributed by atoms with E-state index in [4.69, 9.17) is 9.78 Å². The third-order valence-corrected chi connectivity index (χ3v) is 10.0. The van der Waals surface area contributed by atoms with Crippen LogP contribution in [0.4, 0.5) is 0 Å². The Bertz CT molecular complexity index is 1990. The highest BCUT2D eigenvalue weighted by molar-refractivity contribution is 5.88. The van der Waals surface area contributed by atoms with Crippen molar-refractivity contribution in [3.63, 3.8) is 0 Å². The molecule has 2 aliphatic carbocycles. The van der Waals surface area contributed by atoms with Gasteiger partial charge in [0.25, 0.3) is 11.1 Å². The molecule has 8 rings (SSSR count). The number of hydrogen-bond donors (Lipinski definition) is 2. The number of nitrogens with zero attached hydrogens (tertiary/aromatic N) is 3. The molecule has 2 aromatic heterocycles. The lowest BCUT2D eigenvalue weighted by Crippen LogP contribution is -2.23. The van der Waals surface area contributed by atoms with Gasteiger partial charge in [0.1, 0.15) is 12.6 Å². The lowest BCUT2D eigenvalue weighted by Gasteiger charge is -2.22. The average Bonchev–Trinajstić information content (AvgIpc) is 3.77. The minimum Gasteiger partial charge on any atom is -0.313 e. The molecule has 1 saturated heterocycles. The largest absolute Gasteiger partial charge is 0.313 e. The summed E-state index contributed by atoms with van der Waals surface area (Å²) >= 11 is 0. The summed E-state index contributed by atoms with van der Waals surface area (Å²) in [6.45, 7) is 3.03. The van der Waals surface area contributed by atoms with Crippen molar-refractivity contribution in [3.05, 3.63) is 92.5 Å². The van der Waals surface area contributed by atoms with E-state index in [0.29, 0.717) is 21.7 Å². The first kappa shape index (κ1) is 27.4. The fourth-order valence-electron chi connectivity index (χ4n) is 7.90. The SMILES string of the molecule is C=O.CN1CCCC1c1nc2ccc(-c3ccc(-c4ccc5nc[nH]c(=O)c5c4)c4c3CC3(CCCC3)C4)cc2c(=O)[nH]1. The summed E-state index contributed by atoms with van der Waals surface area (Å²) in [6.07, 6.45) is 10.8. The van der Waals surface area contributed by atoms with E-state index in [0.717, 1.165) is 54.7 Å². The molecule has 8 heteroatoms. The smallest absolute Gasteiger partial charge is 0.258 e. The summed E-state index contributed by atoms with van der Waals surface area (Å²) in [5, 5.41) is 1.25. The molecule has 1 unspecified atom stereocenters. The van der Waals surface area contributed by atoms with Crippen molar-refractivity contribution in [2.75, 3.05) is 13.6 Å². The first-order chi connectivity index (χ1) is 21.0. The van der Waals surface area contributed by atoms with E-state index >= 15 is 0 Å². The van der Waals surface area contributed by atoms with Crippen LogP contribution in [0, 0.1) is 5.41 Å². The molecule has 5 aromatic rings. The van der Waals surface area contributed by atoms with Gasteiger partial charge in [-0.25, -0.2) is 9.97 Å². The molecule has 8 nitrogen and oxygen atoms in total. The zero-order chi connectivity index (χ0) is 29.7. The Hall–Kier alpha value is -4.43. The van der Waals surface area contributed by atoms with Gasteiger partial charge in [0.2, 0.25) is 0 Å². The van der Waals surface area contributed by atoms with Gasteiger partial charge >= 0.3 is 0 Å². The Morgan fingerprint density at radius 1 is 0.837 bits per heavy atom. The number of benzene rings is 3. The van der Waals surface area contributed by atoms with Crippen molar-refractivity contribution in [1.29, 1.82) is 0 Å². The molecule has 0 amide bonds. The van der Waals surface area contributed by atoms with Crippen molar-refractivity contribution in [3.8, 4) is 22.3 Å². The normalized spacial score (nSPS) is 19.1. The Labute approximate surface area is 249 Å². The highest BCUT2D eigenvalue weighted by Crippen LogP contribution is 2.53. The van der Waals surface area contributed by atoms with E-state index in [1.807, 2.05) is 31.1 Å². The Morgan fingerprint density at radius 2 is 1.47 bits per heavy atom. The number of fused-ring (bicyclic) bond motifs is 3. The maximum Gasteiger partial charge on any atom is 0.258 e. The minimum atomic E-state index is -0.116. The van der Waals surface area contributed by atoms with E-state index in [9.17, 15) is 9.59 Å². The van der Waals surface area contributed by atoms with Crippen LogP contribution >= 0.6 is 0 Å². The summed E-state index contributed by atoms with van der Waals surface area (Å²) in [7, 11) is 2.10. The van der Waals surface area contributed by atoms with Crippen molar-refractivity contribution in [2.24, 2.45) is 5.41 Å². The van der Waals surface area contributed by atoms with Crippen molar-refractivity contribution in [1.82, 2.24) is 24.8 Å². The second kappa shape index (κ2) is 10.7. The van der Waals surface area contributed by atoms with Crippen LogP contribution in [0.2, 0.25) is 0 Å². The van der Waals surface area contributed by atoms with Gasteiger partial charge in [0, 0.05) is 0 Å². The number of carbonyl (C=O) groups is 1. The molecular formula is C35H35N5O3. The van der Waals surface area contributed by atoms with E-state index in [2.05, 4.69) is 51.2 Å². The summed E-state index contributed by atoms with van der Waals surface area (Å²) < 4.78 is 0. The second-order valence-electron chi connectivity index (χ2n) is 12.5. The molecule has 3 aliphatic rings. The Balaban J connectivity index is 0.00000147. The number of nitrogens with one attached hydrogen (secondary N) is 2. The highest BCUT2D eigenvalue weighted by atomic mass is 16.1. The van der Waals surface area contributed by atoms with Gasteiger partial charge in [-0.1, -0.05) is 37.1 Å². The average molecular weight is 574 g/mol. The number of carbonyl (C=O) groups excluding carboxylic acids is 1. The molecule has 1 aliphatic heterocycles. The van der Waals surface area contributed by atoms with Gasteiger partial charge in [-0.3, -0.25) is 14.5 Å². The second-order valence-corrected chi connectivity index (χ2v) is 12.5. The lowest BCUT2D eigenvalue weighted by atomic mass is 9.82. The van der Waals surface area contributed by atoms with Crippen LogP contribution in [-0.2, 0) is 17.6 Å². The van der Waals surface area contributed by atoms with Gasteiger partial charge in [-0.05, 0) is 115 Å². The molecule has 0 radical (unpaired) electrons. The molecule has 0 bridgehead atoms. The first-order valence-electron chi connectivity index (χ1n) is 15.1. The fourth-order valence-corrected chi connectivity index (χ4v) is 7.90. The zero-order valence-electron chi connectivity index (χ0n) is 24.4. The molecule has 43 heavy (non-hydrogen) atoms. The van der Waals surface area contributed by atoms with Crippen LogP contribution in [0.5, 0.6) is 0 Å². The molecule has 2 fully saturated rings. The lowest BCUT2D eigenvalue weighted by molar-refractivity contribution is -0.0980. The standard InChI is InChI=1S/C34H33N5O2.CH2O/c1-39-14-4-5-30(39)31-37-29-11-7-21(16-25(29)33(41)38-31)23-9-8-22(26-17-34(18-27(23)26)12-2-3-13-34)20-6-10-28-24(15-20)32(40)36-19-35-28;1-2/h6-11,15-16,19,30H,2-5,12-14,17-18H2,1H3,(H,35,36,40)(H,37,38,41);1H2. The molecule has 1 atom stereocenters. The minimum absolute atomic E-state index is 0.0670. The zero-order valence-corrected chi connectivity index (χ0v) is 24.4. The number of hydrogen-bond acceptors (Lipinski definition) is 6. The van der Waals surface area contributed by atoms with Gasteiger partial charge in [0.15, 0.2) is 0 Å². The van der Waals surface area contributed by atoms with Gasteiger partial charge in [0.05, 0.1) is 34.2 Å². The van der Waals surface area contributed by atoms with E-state index in [1.54, 1.807) is 0 Å². The summed E-state index contributed by atoms with van der Waals surface area (Å²) in [4.78, 5) is 51.2. The summed E-state index contributed by atoms with van der Waals surface area (Å²) in [5.74, 6) is 0.771. The Kier molecular flexibility index (Phi) is 6.81. The first-order valence-corrected chi connectivity index (χ1v) is 15.1. The van der Waals surface area contributed by atoms with Gasteiger partial charge in [-0.2, -0.15) is 0 Å². The fraction of sp³-hybridized carbons (Fsp3) is 0.343. The van der Waals surface area contributed by atoms with E-state index in [1.165, 1.54) is 54.3 Å². The summed E-state index contributed by atoms with van der Waals surface area (Å²) in [5.41, 5.74) is 8.87. The number of aromatic amines is 2. The molecule has 3 heterocycles. The Morgan fingerprint density at radius 3 is 2.09 bits per heavy atom. The molecular weight excluding hydrogens is 538 g/mol. The predicted octanol–water partition coefficient (Wildman–Crippen LogP) is 5.73. The van der Waals surface area contributed by atoms with Crippen molar-refractivity contribution in [2.45, 2.75) is 57.4 Å². The van der Waals surface area contributed by atoms with Crippen LogP contribution in [0.25, 0.3) is 44.1 Å². The third-order valence-electron chi connectivity index (χ3n) is 10.0. The highest BCUT2D eigenvalue weighted by Gasteiger charge is 2.41. The molecule has 218 valence electrons. The van der Waals surface area contributed by atoms with Crippen LogP contribution in [0.15, 0.2) is 64.4 Å². The number of rotatable bonds is 3. The van der Waals surface area contributed by atoms with Crippen LogP contribution in [0.1, 0.15) is 61.5 Å². The number of aromatic nitrogens is 4. The number of likely N-dealkylation sites (tertiary alicyclic amines) is 1. The summed E-state index contributed by atoms with van der Waals surface area (Å²) in [6, 6.07) is 16.8. The van der Waals surface area contributed by atoms with E-state index in [-0.39, 0.29) is 17.2 Å². The van der Waals surface area contributed by atoms with Crippen LogP contribution in [0.3, 0.4) is 0 Å². The maximum atomic E-state index is 13.3. The molecule has 1 saturated carbocycles. The molecule has 1 spiro atoms. The molecule has 2 N–H and O–H groups in total. The topological polar surface area (TPSA) is 112 Å². The number of H-pyrrole nitrogens is 2. The van der Waals surface area contributed by atoms with Crippen LogP contribution in [-0.4, -0.2) is 45.2 Å². The van der Waals surface area contributed by atoms with Crippen LogP contribution < -0.4 is 11.1 Å². The predicted molar refractivity (Wildman–Crippen MR) is 169 cm³/mol. The third kappa shape index (κ3) is 4.61. The van der Waals surface area contributed by atoms with E-state index < -0.39 is 0 Å².